The van der Waals surface area contributed by atoms with Crippen molar-refractivity contribution in [2.75, 3.05) is 10.6 Å². The molecule has 0 atom stereocenters. The molecular weight excluding hydrogens is 414 g/mol. The first-order valence-electron chi connectivity index (χ1n) is 8.12. The highest BCUT2D eigenvalue weighted by molar-refractivity contribution is 7.14. The van der Waals surface area contributed by atoms with Crippen molar-refractivity contribution in [1.82, 2.24) is 15.0 Å². The number of carbonyl (C=O) groups excluding carboxylic acids is 2. The maximum absolute atomic E-state index is 12.3. The highest BCUT2D eigenvalue weighted by atomic mass is 32.1. The first kappa shape index (κ1) is 18.4. The Morgan fingerprint density at radius 2 is 1.82 bits per heavy atom. The van der Waals surface area contributed by atoms with Crippen molar-refractivity contribution in [3.63, 3.8) is 0 Å². The Kier molecular flexibility index (Phi) is 5.51. The Hall–Kier alpha value is -2.95. The van der Waals surface area contributed by atoms with E-state index in [2.05, 4.69) is 25.6 Å². The largest absolute Gasteiger partial charge is 0.302 e. The monoisotopic (exact) mass is 427 g/mol. The third-order valence-corrected chi connectivity index (χ3v) is 6.00. The third-order valence-electron chi connectivity index (χ3n) is 3.57. The van der Waals surface area contributed by atoms with Gasteiger partial charge in [-0.15, -0.1) is 34.0 Å². The zero-order valence-corrected chi connectivity index (χ0v) is 16.7. The maximum Gasteiger partial charge on any atom is 0.267 e. The second-order valence-corrected chi connectivity index (χ2v) is 8.24. The number of anilines is 2. The minimum absolute atomic E-state index is 0.104. The molecule has 7 nitrogen and oxygen atoms in total. The lowest BCUT2D eigenvalue weighted by Crippen LogP contribution is -2.15. The molecule has 4 aromatic rings. The summed E-state index contributed by atoms with van der Waals surface area (Å²) in [6.45, 7) is 0. The van der Waals surface area contributed by atoms with Crippen LogP contribution in [0.3, 0.4) is 0 Å². The fourth-order valence-corrected chi connectivity index (χ4v) is 4.38. The minimum atomic E-state index is -0.214. The van der Waals surface area contributed by atoms with Gasteiger partial charge in [-0.25, -0.2) is 9.97 Å². The number of rotatable bonds is 6. The minimum Gasteiger partial charge on any atom is -0.302 e. The molecule has 0 bridgehead atoms. The standard InChI is InChI=1S/C18H13N5O2S3/c24-15(22-18-21-13(10-28-18)11-3-1-5-19-8-11)7-12-9-27-17(20-12)23-16(25)14-4-2-6-26-14/h1-6,8-10H,7H2,(H,20,23,25)(H,21,22,24). The Labute approximate surface area is 172 Å². The van der Waals surface area contributed by atoms with Gasteiger partial charge in [0.05, 0.1) is 22.7 Å². The van der Waals surface area contributed by atoms with Crippen LogP contribution in [0.25, 0.3) is 11.3 Å². The second-order valence-electron chi connectivity index (χ2n) is 5.58. The molecule has 2 amide bonds. The average molecular weight is 428 g/mol. The van der Waals surface area contributed by atoms with E-state index in [9.17, 15) is 9.59 Å². The molecule has 0 radical (unpaired) electrons. The van der Waals surface area contributed by atoms with E-state index in [-0.39, 0.29) is 18.2 Å². The fourth-order valence-electron chi connectivity index (χ4n) is 2.32. The molecule has 4 aromatic heterocycles. The number of pyridine rings is 1. The van der Waals surface area contributed by atoms with E-state index in [1.54, 1.807) is 23.8 Å². The summed E-state index contributed by atoms with van der Waals surface area (Å²) in [6.07, 6.45) is 3.53. The Morgan fingerprint density at radius 1 is 0.964 bits per heavy atom. The van der Waals surface area contributed by atoms with E-state index >= 15 is 0 Å². The molecule has 2 N–H and O–H groups in total. The van der Waals surface area contributed by atoms with Crippen LogP contribution in [0.2, 0.25) is 0 Å². The summed E-state index contributed by atoms with van der Waals surface area (Å²) in [4.78, 5) is 37.7. The summed E-state index contributed by atoms with van der Waals surface area (Å²) >= 11 is 4.00. The number of amides is 2. The van der Waals surface area contributed by atoms with Gasteiger partial charge in [0.2, 0.25) is 5.91 Å². The normalized spacial score (nSPS) is 10.6. The maximum atomic E-state index is 12.3. The van der Waals surface area contributed by atoms with Gasteiger partial charge in [-0.05, 0) is 23.6 Å². The van der Waals surface area contributed by atoms with Crippen molar-refractivity contribution in [1.29, 1.82) is 0 Å². The quantitative estimate of drug-likeness (QED) is 0.482. The summed E-state index contributed by atoms with van der Waals surface area (Å²) in [6, 6.07) is 7.31. The summed E-state index contributed by atoms with van der Waals surface area (Å²) in [7, 11) is 0. The summed E-state index contributed by atoms with van der Waals surface area (Å²) in [5.41, 5.74) is 2.25. The van der Waals surface area contributed by atoms with Crippen LogP contribution in [0.5, 0.6) is 0 Å². The van der Waals surface area contributed by atoms with Crippen molar-refractivity contribution in [3.8, 4) is 11.3 Å². The molecule has 0 aliphatic heterocycles. The molecule has 28 heavy (non-hydrogen) atoms. The highest BCUT2D eigenvalue weighted by Crippen LogP contribution is 2.24. The molecule has 0 fully saturated rings. The lowest BCUT2D eigenvalue weighted by Gasteiger charge is -2.00. The Morgan fingerprint density at radius 3 is 2.61 bits per heavy atom. The van der Waals surface area contributed by atoms with Gasteiger partial charge in [-0.1, -0.05) is 6.07 Å². The Balaban J connectivity index is 1.34. The summed E-state index contributed by atoms with van der Waals surface area (Å²) < 4.78 is 0. The van der Waals surface area contributed by atoms with Crippen molar-refractivity contribution >= 4 is 56.1 Å². The van der Waals surface area contributed by atoms with Crippen molar-refractivity contribution in [2.24, 2.45) is 0 Å². The molecule has 0 saturated carbocycles. The van der Waals surface area contributed by atoms with Gasteiger partial charge in [-0.2, -0.15) is 0 Å². The molecule has 0 unspecified atom stereocenters. The van der Waals surface area contributed by atoms with Gasteiger partial charge < -0.3 is 5.32 Å². The predicted octanol–water partition coefficient (Wildman–Crippen LogP) is 4.16. The van der Waals surface area contributed by atoms with E-state index < -0.39 is 0 Å². The van der Waals surface area contributed by atoms with Gasteiger partial charge in [0, 0.05) is 28.7 Å². The number of aromatic nitrogens is 3. The molecule has 4 rings (SSSR count). The first-order valence-corrected chi connectivity index (χ1v) is 10.8. The van der Waals surface area contributed by atoms with Crippen molar-refractivity contribution < 1.29 is 9.59 Å². The zero-order valence-electron chi connectivity index (χ0n) is 14.3. The molecule has 0 aliphatic carbocycles. The smallest absolute Gasteiger partial charge is 0.267 e. The zero-order chi connectivity index (χ0) is 19.3. The number of nitrogens with one attached hydrogen (secondary N) is 2. The van der Waals surface area contributed by atoms with Crippen molar-refractivity contribution in [3.05, 3.63) is 63.4 Å². The van der Waals surface area contributed by atoms with Gasteiger partial charge in [0.25, 0.3) is 5.91 Å². The fraction of sp³-hybridized carbons (Fsp3) is 0.0556. The van der Waals surface area contributed by atoms with E-state index in [1.807, 2.05) is 29.0 Å². The number of carbonyl (C=O) groups is 2. The SMILES string of the molecule is O=C(Cc1csc(NC(=O)c2cccs2)n1)Nc1nc(-c2cccnc2)cs1. The molecular formula is C18H13N5O2S3. The lowest BCUT2D eigenvalue weighted by atomic mass is 10.2. The molecule has 0 saturated heterocycles. The van der Waals surface area contributed by atoms with E-state index in [1.165, 1.54) is 34.0 Å². The highest BCUT2D eigenvalue weighted by Gasteiger charge is 2.13. The Bertz CT molecular complexity index is 1090. The van der Waals surface area contributed by atoms with Gasteiger partial charge in [0.1, 0.15) is 0 Å². The summed E-state index contributed by atoms with van der Waals surface area (Å²) in [5.74, 6) is -0.417. The molecule has 4 heterocycles. The number of thiophene rings is 1. The summed E-state index contributed by atoms with van der Waals surface area (Å²) in [5, 5.41) is 12.0. The lowest BCUT2D eigenvalue weighted by molar-refractivity contribution is -0.115. The molecule has 140 valence electrons. The number of thiazole rings is 2. The van der Waals surface area contributed by atoms with Crippen LogP contribution in [-0.2, 0) is 11.2 Å². The molecule has 10 heteroatoms. The van der Waals surface area contributed by atoms with Crippen LogP contribution in [0, 0.1) is 0 Å². The molecule has 0 spiro atoms. The van der Waals surface area contributed by atoms with Crippen molar-refractivity contribution in [2.45, 2.75) is 6.42 Å². The van der Waals surface area contributed by atoms with Crippen LogP contribution in [-0.4, -0.2) is 26.8 Å². The molecule has 0 aromatic carbocycles. The average Bonchev–Trinajstić information content (AvgIpc) is 3.44. The van der Waals surface area contributed by atoms with Crippen LogP contribution < -0.4 is 10.6 Å². The van der Waals surface area contributed by atoms with Gasteiger partial charge in [-0.3, -0.25) is 19.9 Å². The van der Waals surface area contributed by atoms with Gasteiger partial charge >= 0.3 is 0 Å². The second kappa shape index (κ2) is 8.38. The van der Waals surface area contributed by atoms with Crippen LogP contribution in [0.4, 0.5) is 10.3 Å². The van der Waals surface area contributed by atoms with E-state index in [4.69, 9.17) is 0 Å². The van der Waals surface area contributed by atoms with E-state index in [0.29, 0.717) is 20.8 Å². The predicted molar refractivity (Wildman–Crippen MR) is 112 cm³/mol. The molecule has 0 aliphatic rings. The number of nitrogens with zero attached hydrogens (tertiary/aromatic N) is 3. The van der Waals surface area contributed by atoms with Crippen LogP contribution >= 0.6 is 34.0 Å². The third kappa shape index (κ3) is 4.47. The topological polar surface area (TPSA) is 96.9 Å². The number of hydrogen-bond acceptors (Lipinski definition) is 8. The van der Waals surface area contributed by atoms with Gasteiger partial charge in [0.15, 0.2) is 10.3 Å². The van der Waals surface area contributed by atoms with Crippen LogP contribution in [0.1, 0.15) is 15.4 Å². The first-order chi connectivity index (χ1) is 13.7. The van der Waals surface area contributed by atoms with Crippen LogP contribution in [0.15, 0.2) is 52.8 Å². The number of hydrogen-bond donors (Lipinski definition) is 2. The van der Waals surface area contributed by atoms with E-state index in [0.717, 1.165) is 11.3 Å².